The van der Waals surface area contributed by atoms with Gasteiger partial charge in [0.2, 0.25) is 0 Å². The van der Waals surface area contributed by atoms with Crippen LogP contribution in [0.1, 0.15) is 23.7 Å². The first-order valence-corrected chi connectivity index (χ1v) is 12.5. The fourth-order valence-corrected chi connectivity index (χ4v) is 4.58. The maximum Gasteiger partial charge on any atom is 0.251 e. The van der Waals surface area contributed by atoms with E-state index in [-0.39, 0.29) is 11.8 Å². The fourth-order valence-electron chi connectivity index (χ4n) is 4.58. The van der Waals surface area contributed by atoms with E-state index in [1.165, 1.54) is 6.33 Å². The number of nitrogens with two attached hydrogens (primary N) is 1. The minimum atomic E-state index is -0.229. The van der Waals surface area contributed by atoms with E-state index >= 15 is 0 Å². The Bertz CT molecular complexity index is 1520. The van der Waals surface area contributed by atoms with Gasteiger partial charge in [-0.1, -0.05) is 30.8 Å². The van der Waals surface area contributed by atoms with Crippen molar-refractivity contribution in [2.24, 2.45) is 13.0 Å². The molecule has 0 bridgehead atoms. The van der Waals surface area contributed by atoms with Crippen molar-refractivity contribution in [2.45, 2.75) is 13.3 Å². The number of aromatic nitrogens is 3. The van der Waals surface area contributed by atoms with E-state index in [0.717, 1.165) is 47.4 Å². The van der Waals surface area contributed by atoms with Crippen molar-refractivity contribution in [1.29, 1.82) is 0 Å². The van der Waals surface area contributed by atoms with Crippen LogP contribution < -0.4 is 16.4 Å². The number of anilines is 2. The Labute approximate surface area is 220 Å². The highest BCUT2D eigenvalue weighted by Crippen LogP contribution is 2.41. The summed E-state index contributed by atoms with van der Waals surface area (Å²) in [6.45, 7) is 7.52. The number of nitrogens with zero attached hydrogens (tertiary/aromatic N) is 3. The van der Waals surface area contributed by atoms with Crippen LogP contribution in [0, 0.1) is 5.92 Å². The van der Waals surface area contributed by atoms with Gasteiger partial charge in [0.1, 0.15) is 17.8 Å². The summed E-state index contributed by atoms with van der Waals surface area (Å²) in [6, 6.07) is 15.0. The SMILES string of the molecule is C=C(C)C(=O)Nc1ccc(-c2c(-c3ccc(C(=O)NCCC4COC4)cc3)c3c(N)ncnc3n2C)cc1. The maximum atomic E-state index is 12.7. The van der Waals surface area contributed by atoms with Gasteiger partial charge in [0.25, 0.3) is 11.8 Å². The van der Waals surface area contributed by atoms with Crippen molar-refractivity contribution in [3.05, 3.63) is 72.6 Å². The molecule has 2 aromatic heterocycles. The molecular formula is C29H30N6O3. The monoisotopic (exact) mass is 510 g/mol. The van der Waals surface area contributed by atoms with Gasteiger partial charge in [-0.05, 0) is 48.7 Å². The van der Waals surface area contributed by atoms with Crippen LogP contribution in [0.3, 0.4) is 0 Å². The van der Waals surface area contributed by atoms with E-state index in [0.29, 0.717) is 40.8 Å². The normalized spacial score (nSPS) is 13.2. The van der Waals surface area contributed by atoms with E-state index < -0.39 is 0 Å². The quantitative estimate of drug-likeness (QED) is 0.306. The summed E-state index contributed by atoms with van der Waals surface area (Å²) in [4.78, 5) is 33.4. The highest BCUT2D eigenvalue weighted by molar-refractivity contribution is 6.08. The highest BCUT2D eigenvalue weighted by Gasteiger charge is 2.22. The van der Waals surface area contributed by atoms with Gasteiger partial charge in [-0.3, -0.25) is 9.59 Å². The number of nitrogens with one attached hydrogen (secondary N) is 2. The highest BCUT2D eigenvalue weighted by atomic mass is 16.5. The van der Waals surface area contributed by atoms with Crippen molar-refractivity contribution >= 4 is 34.4 Å². The summed E-state index contributed by atoms with van der Waals surface area (Å²) in [6.07, 6.45) is 2.36. The van der Waals surface area contributed by atoms with Crippen molar-refractivity contribution in [1.82, 2.24) is 19.9 Å². The van der Waals surface area contributed by atoms with Gasteiger partial charge in [-0.2, -0.15) is 0 Å². The molecule has 2 amide bonds. The third-order valence-corrected chi connectivity index (χ3v) is 6.78. The third-order valence-electron chi connectivity index (χ3n) is 6.78. The van der Waals surface area contributed by atoms with E-state index in [9.17, 15) is 9.59 Å². The molecule has 2 aromatic carbocycles. The molecule has 38 heavy (non-hydrogen) atoms. The van der Waals surface area contributed by atoms with Gasteiger partial charge in [0, 0.05) is 41.9 Å². The summed E-state index contributed by atoms with van der Waals surface area (Å²) in [5.74, 6) is 0.572. The summed E-state index contributed by atoms with van der Waals surface area (Å²) in [7, 11) is 1.93. The zero-order chi connectivity index (χ0) is 26.8. The van der Waals surface area contributed by atoms with Gasteiger partial charge in [0.05, 0.1) is 24.3 Å². The third kappa shape index (κ3) is 4.88. The number of amides is 2. The molecule has 0 atom stereocenters. The number of hydrogen-bond acceptors (Lipinski definition) is 6. The number of carbonyl (C=O) groups excluding carboxylic acids is 2. The van der Waals surface area contributed by atoms with Crippen molar-refractivity contribution < 1.29 is 14.3 Å². The molecule has 0 saturated carbocycles. The predicted molar refractivity (Wildman–Crippen MR) is 148 cm³/mol. The first-order valence-electron chi connectivity index (χ1n) is 12.5. The Balaban J connectivity index is 1.48. The summed E-state index contributed by atoms with van der Waals surface area (Å²) >= 11 is 0. The van der Waals surface area contributed by atoms with Gasteiger partial charge in [-0.25, -0.2) is 9.97 Å². The molecule has 9 heteroatoms. The van der Waals surface area contributed by atoms with Crippen molar-refractivity contribution in [2.75, 3.05) is 30.8 Å². The average molecular weight is 511 g/mol. The zero-order valence-corrected chi connectivity index (χ0v) is 21.5. The first kappa shape index (κ1) is 25.2. The van der Waals surface area contributed by atoms with Crippen LogP contribution in [-0.2, 0) is 16.6 Å². The molecular weight excluding hydrogens is 480 g/mol. The Morgan fingerprint density at radius 2 is 1.76 bits per heavy atom. The number of carbonyl (C=O) groups is 2. The minimum Gasteiger partial charge on any atom is -0.383 e. The second kappa shape index (κ2) is 10.5. The van der Waals surface area contributed by atoms with Gasteiger partial charge in [-0.15, -0.1) is 0 Å². The molecule has 4 aromatic rings. The lowest BCUT2D eigenvalue weighted by Crippen LogP contribution is -2.33. The van der Waals surface area contributed by atoms with Crippen molar-refractivity contribution in [3.8, 4) is 22.4 Å². The topological polar surface area (TPSA) is 124 Å². The van der Waals surface area contributed by atoms with Crippen LogP contribution in [0.2, 0.25) is 0 Å². The number of benzene rings is 2. The molecule has 9 nitrogen and oxygen atoms in total. The van der Waals surface area contributed by atoms with Gasteiger partial charge in [0.15, 0.2) is 0 Å². The first-order chi connectivity index (χ1) is 18.3. The van der Waals surface area contributed by atoms with Crippen LogP contribution >= 0.6 is 0 Å². The van der Waals surface area contributed by atoms with Gasteiger partial charge >= 0.3 is 0 Å². The molecule has 1 saturated heterocycles. The zero-order valence-electron chi connectivity index (χ0n) is 21.5. The number of fused-ring (bicyclic) bond motifs is 1. The molecule has 3 heterocycles. The molecule has 1 aliphatic rings. The number of hydrogen-bond donors (Lipinski definition) is 3. The van der Waals surface area contributed by atoms with E-state index in [1.807, 2.05) is 60.1 Å². The number of rotatable bonds is 8. The second-order valence-corrected chi connectivity index (χ2v) is 9.58. The van der Waals surface area contributed by atoms with Crippen molar-refractivity contribution in [3.63, 3.8) is 0 Å². The predicted octanol–water partition coefficient (Wildman–Crippen LogP) is 4.17. The molecule has 1 fully saturated rings. The van der Waals surface area contributed by atoms with Crippen LogP contribution in [0.15, 0.2) is 67.0 Å². The van der Waals surface area contributed by atoms with Crippen LogP contribution in [0.25, 0.3) is 33.4 Å². The standard InChI is InChI=1S/C29H30N6O3/c1-17(2)28(36)34-22-10-8-20(9-11-22)25-23(24-26(30)32-16-33-27(24)35(25)3)19-4-6-21(7-5-19)29(37)31-13-12-18-14-38-15-18/h4-11,16,18H,1,12-15H2,2-3H3,(H,31,37)(H,34,36)(H2,30,32,33). The van der Waals surface area contributed by atoms with E-state index in [1.54, 1.807) is 6.92 Å². The summed E-state index contributed by atoms with van der Waals surface area (Å²) < 4.78 is 7.17. The smallest absolute Gasteiger partial charge is 0.251 e. The molecule has 194 valence electrons. The molecule has 5 rings (SSSR count). The lowest BCUT2D eigenvalue weighted by molar-refractivity contribution is -0.112. The molecule has 0 spiro atoms. The number of aryl methyl sites for hydroxylation is 1. The van der Waals surface area contributed by atoms with Gasteiger partial charge < -0.3 is 25.7 Å². The van der Waals surface area contributed by atoms with E-state index in [4.69, 9.17) is 10.5 Å². The fraction of sp³-hybridized carbons (Fsp3) is 0.241. The maximum absolute atomic E-state index is 12.7. The molecule has 0 aliphatic carbocycles. The van der Waals surface area contributed by atoms with Crippen LogP contribution in [0.4, 0.5) is 11.5 Å². The lowest BCUT2D eigenvalue weighted by atomic mass is 9.97. The Kier molecular flexibility index (Phi) is 6.93. The van der Waals surface area contributed by atoms with Crippen LogP contribution in [-0.4, -0.2) is 46.1 Å². The molecule has 4 N–H and O–H groups in total. The summed E-state index contributed by atoms with van der Waals surface area (Å²) in [5, 5.41) is 6.56. The summed E-state index contributed by atoms with van der Waals surface area (Å²) in [5.41, 5.74) is 12.3. The molecule has 0 radical (unpaired) electrons. The lowest BCUT2D eigenvalue weighted by Gasteiger charge is -2.25. The molecule has 0 unspecified atom stereocenters. The number of nitrogen functional groups attached to an aromatic ring is 1. The minimum absolute atomic E-state index is 0.106. The Morgan fingerprint density at radius 1 is 1.08 bits per heavy atom. The van der Waals surface area contributed by atoms with Crippen LogP contribution in [0.5, 0.6) is 0 Å². The average Bonchev–Trinajstić information content (AvgIpc) is 3.19. The second-order valence-electron chi connectivity index (χ2n) is 9.58. The Morgan fingerprint density at radius 3 is 2.39 bits per heavy atom. The van der Waals surface area contributed by atoms with E-state index in [2.05, 4.69) is 27.2 Å². The molecule has 1 aliphatic heterocycles. The largest absolute Gasteiger partial charge is 0.383 e. The Hall–Kier alpha value is -4.50. The number of ether oxygens (including phenoxy) is 1.